The second kappa shape index (κ2) is 13.0. The lowest BCUT2D eigenvalue weighted by Gasteiger charge is -2.18. The maximum atomic E-state index is 13.3. The number of amides is 1. The molecule has 8 heteroatoms. The van der Waals surface area contributed by atoms with Crippen molar-refractivity contribution in [1.29, 1.82) is 0 Å². The SMILES string of the molecule is CS(=O)(=O)c1ccc(C(=O)NC(COCc2ccccc2)C(=O)Cc2ccc(Oc3ccccc3)cc2)cc1. The van der Waals surface area contributed by atoms with E-state index >= 15 is 0 Å². The van der Waals surface area contributed by atoms with Crippen LogP contribution < -0.4 is 10.1 Å². The fourth-order valence-electron chi connectivity index (χ4n) is 3.80. The van der Waals surface area contributed by atoms with Crippen LogP contribution in [0.3, 0.4) is 0 Å². The number of carbonyl (C=O) groups excluding carboxylic acids is 2. The summed E-state index contributed by atoms with van der Waals surface area (Å²) in [5, 5.41) is 2.75. The Bertz CT molecular complexity index is 1490. The van der Waals surface area contributed by atoms with E-state index in [1.165, 1.54) is 24.3 Å². The number of ketones is 1. The lowest BCUT2D eigenvalue weighted by atomic mass is 10.0. The molecular formula is C31H29NO6S. The van der Waals surface area contributed by atoms with Gasteiger partial charge in [-0.15, -0.1) is 0 Å². The second-order valence-electron chi connectivity index (χ2n) is 9.03. The first-order chi connectivity index (χ1) is 18.8. The van der Waals surface area contributed by atoms with Crippen LogP contribution in [0.25, 0.3) is 0 Å². The van der Waals surface area contributed by atoms with Crippen LogP contribution in [0.2, 0.25) is 0 Å². The van der Waals surface area contributed by atoms with E-state index in [2.05, 4.69) is 5.32 Å². The molecule has 0 aliphatic rings. The smallest absolute Gasteiger partial charge is 0.251 e. The third-order valence-corrected chi connectivity index (χ3v) is 7.04. The summed E-state index contributed by atoms with van der Waals surface area (Å²) in [6, 6.07) is 30.8. The van der Waals surface area contributed by atoms with Crippen LogP contribution in [-0.2, 0) is 32.4 Å². The first kappa shape index (κ1) is 27.8. The molecule has 1 atom stereocenters. The molecule has 1 N–H and O–H groups in total. The zero-order chi connectivity index (χ0) is 27.7. The topological polar surface area (TPSA) is 98.8 Å². The minimum atomic E-state index is -3.39. The molecule has 1 amide bonds. The Morgan fingerprint density at radius 3 is 1.95 bits per heavy atom. The fourth-order valence-corrected chi connectivity index (χ4v) is 4.43. The molecule has 200 valence electrons. The molecule has 0 aliphatic heterocycles. The lowest BCUT2D eigenvalue weighted by Crippen LogP contribution is -2.44. The average Bonchev–Trinajstić information content (AvgIpc) is 2.94. The summed E-state index contributed by atoms with van der Waals surface area (Å²) in [5.41, 5.74) is 1.95. The Morgan fingerprint density at radius 2 is 1.33 bits per heavy atom. The Hall–Kier alpha value is -4.27. The summed E-state index contributed by atoms with van der Waals surface area (Å²) in [5.74, 6) is 0.638. The van der Waals surface area contributed by atoms with Crippen molar-refractivity contribution in [3.05, 3.63) is 126 Å². The first-order valence-electron chi connectivity index (χ1n) is 12.3. The predicted molar refractivity (Wildman–Crippen MR) is 149 cm³/mol. The zero-order valence-electron chi connectivity index (χ0n) is 21.4. The van der Waals surface area contributed by atoms with Crippen molar-refractivity contribution in [2.45, 2.75) is 24.0 Å². The average molecular weight is 544 g/mol. The third kappa shape index (κ3) is 8.36. The number of sulfone groups is 1. The molecule has 0 heterocycles. The molecule has 4 aromatic rings. The number of para-hydroxylation sites is 1. The monoisotopic (exact) mass is 543 g/mol. The van der Waals surface area contributed by atoms with Crippen LogP contribution in [0.1, 0.15) is 21.5 Å². The molecule has 0 aliphatic carbocycles. The van der Waals surface area contributed by atoms with Crippen molar-refractivity contribution in [2.24, 2.45) is 0 Å². The standard InChI is InChI=1S/C31H29NO6S/c1-39(35,36)28-18-14-25(15-19-28)31(34)32-29(22-37-21-24-8-4-2-5-9-24)30(33)20-23-12-16-27(17-13-23)38-26-10-6-3-7-11-26/h2-19,29H,20-22H2,1H3,(H,32,34). The highest BCUT2D eigenvalue weighted by Gasteiger charge is 2.22. The summed E-state index contributed by atoms with van der Waals surface area (Å²) in [6.45, 7) is 0.269. The Balaban J connectivity index is 1.43. The predicted octanol–water partition coefficient (Wildman–Crippen LogP) is 5.01. The van der Waals surface area contributed by atoms with Gasteiger partial charge in [-0.05, 0) is 59.7 Å². The van der Waals surface area contributed by atoms with Crippen molar-refractivity contribution < 1.29 is 27.5 Å². The van der Waals surface area contributed by atoms with Gasteiger partial charge >= 0.3 is 0 Å². The van der Waals surface area contributed by atoms with E-state index in [4.69, 9.17) is 9.47 Å². The normalized spacial score (nSPS) is 11.9. The molecule has 0 saturated heterocycles. The molecule has 0 spiro atoms. The number of benzene rings is 4. The second-order valence-corrected chi connectivity index (χ2v) is 11.0. The van der Waals surface area contributed by atoms with Gasteiger partial charge in [0.25, 0.3) is 5.91 Å². The molecule has 0 radical (unpaired) electrons. The van der Waals surface area contributed by atoms with Crippen molar-refractivity contribution >= 4 is 21.5 Å². The van der Waals surface area contributed by atoms with Gasteiger partial charge in [-0.3, -0.25) is 9.59 Å². The van der Waals surface area contributed by atoms with Crippen LogP contribution >= 0.6 is 0 Å². The molecule has 0 bridgehead atoms. The number of ether oxygens (including phenoxy) is 2. The van der Waals surface area contributed by atoms with Gasteiger partial charge < -0.3 is 14.8 Å². The third-order valence-electron chi connectivity index (χ3n) is 5.92. The molecular weight excluding hydrogens is 514 g/mol. The van der Waals surface area contributed by atoms with Gasteiger partial charge in [0.05, 0.1) is 18.1 Å². The van der Waals surface area contributed by atoms with E-state index in [9.17, 15) is 18.0 Å². The van der Waals surface area contributed by atoms with Crippen LogP contribution in [0.5, 0.6) is 11.5 Å². The number of rotatable bonds is 12. The summed E-state index contributed by atoms with van der Waals surface area (Å²) in [7, 11) is -3.39. The van der Waals surface area contributed by atoms with Crippen LogP contribution in [0, 0.1) is 0 Å². The maximum absolute atomic E-state index is 13.3. The molecule has 1 unspecified atom stereocenters. The van der Waals surface area contributed by atoms with Crippen molar-refractivity contribution in [1.82, 2.24) is 5.32 Å². The van der Waals surface area contributed by atoms with E-state index in [1.807, 2.05) is 72.8 Å². The molecule has 0 saturated carbocycles. The van der Waals surface area contributed by atoms with E-state index in [0.29, 0.717) is 11.5 Å². The van der Waals surface area contributed by atoms with Crippen LogP contribution in [0.15, 0.2) is 114 Å². The van der Waals surface area contributed by atoms with Crippen LogP contribution in [-0.4, -0.2) is 39.0 Å². The van der Waals surface area contributed by atoms with E-state index in [-0.39, 0.29) is 35.9 Å². The highest BCUT2D eigenvalue weighted by Crippen LogP contribution is 2.21. The van der Waals surface area contributed by atoms with Gasteiger partial charge in [0.2, 0.25) is 0 Å². The lowest BCUT2D eigenvalue weighted by molar-refractivity contribution is -0.121. The van der Waals surface area contributed by atoms with E-state index in [1.54, 1.807) is 12.1 Å². The minimum Gasteiger partial charge on any atom is -0.457 e. The number of Topliss-reactive ketones (excluding diaryl/α,β-unsaturated/α-hetero) is 1. The minimum absolute atomic E-state index is 0.0178. The molecule has 0 aromatic heterocycles. The molecule has 4 rings (SSSR count). The number of nitrogens with one attached hydrogen (secondary N) is 1. The Morgan fingerprint density at radius 1 is 0.744 bits per heavy atom. The van der Waals surface area contributed by atoms with Gasteiger partial charge in [0, 0.05) is 18.2 Å². The van der Waals surface area contributed by atoms with Crippen molar-refractivity contribution in [3.8, 4) is 11.5 Å². The highest BCUT2D eigenvalue weighted by atomic mass is 32.2. The van der Waals surface area contributed by atoms with Gasteiger partial charge in [-0.2, -0.15) is 0 Å². The fraction of sp³-hybridized carbons (Fsp3) is 0.161. The summed E-state index contributed by atoms with van der Waals surface area (Å²) >= 11 is 0. The largest absolute Gasteiger partial charge is 0.457 e. The van der Waals surface area contributed by atoms with E-state index in [0.717, 1.165) is 17.4 Å². The number of carbonyl (C=O) groups is 2. The molecule has 4 aromatic carbocycles. The molecule has 7 nitrogen and oxygen atoms in total. The maximum Gasteiger partial charge on any atom is 0.251 e. The summed E-state index contributed by atoms with van der Waals surface area (Å²) in [4.78, 5) is 26.3. The quantitative estimate of drug-likeness (QED) is 0.270. The van der Waals surface area contributed by atoms with Gasteiger partial charge in [-0.25, -0.2) is 8.42 Å². The van der Waals surface area contributed by atoms with Gasteiger partial charge in [-0.1, -0.05) is 60.7 Å². The molecule has 0 fully saturated rings. The van der Waals surface area contributed by atoms with E-state index < -0.39 is 21.8 Å². The summed E-state index contributed by atoms with van der Waals surface area (Å²) < 4.78 is 35.1. The van der Waals surface area contributed by atoms with Crippen LogP contribution in [0.4, 0.5) is 0 Å². The van der Waals surface area contributed by atoms with Gasteiger partial charge in [0.1, 0.15) is 17.5 Å². The number of hydrogen-bond donors (Lipinski definition) is 1. The Kier molecular flexibility index (Phi) is 9.25. The van der Waals surface area contributed by atoms with Gasteiger partial charge in [0.15, 0.2) is 15.6 Å². The van der Waals surface area contributed by atoms with Crippen molar-refractivity contribution in [3.63, 3.8) is 0 Å². The molecule has 39 heavy (non-hydrogen) atoms. The first-order valence-corrected chi connectivity index (χ1v) is 14.2. The zero-order valence-corrected chi connectivity index (χ0v) is 22.3. The highest BCUT2D eigenvalue weighted by molar-refractivity contribution is 7.90. The Labute approximate surface area is 228 Å². The van der Waals surface area contributed by atoms with Crippen molar-refractivity contribution in [2.75, 3.05) is 12.9 Å². The number of hydrogen-bond acceptors (Lipinski definition) is 6. The summed E-state index contributed by atoms with van der Waals surface area (Å²) in [6.07, 6.45) is 1.18.